The van der Waals surface area contributed by atoms with E-state index in [1.165, 1.54) is 0 Å². The van der Waals surface area contributed by atoms with Gasteiger partial charge in [0.05, 0.1) is 17.8 Å². The minimum absolute atomic E-state index is 0.113. The SMILES string of the molecule is CC(C)C1(O)CN(CC(=O)Nc2cc(C(C)(C)C)no2)C1. The molecule has 1 amide bonds. The molecule has 0 spiro atoms. The first-order valence-corrected chi connectivity index (χ1v) is 7.32. The molecule has 1 aromatic heterocycles. The Balaban J connectivity index is 1.82. The highest BCUT2D eigenvalue weighted by molar-refractivity contribution is 5.91. The van der Waals surface area contributed by atoms with Crippen molar-refractivity contribution < 1.29 is 14.4 Å². The third kappa shape index (κ3) is 3.63. The number of carbonyl (C=O) groups excluding carboxylic acids is 1. The normalized spacial score (nSPS) is 18.6. The first-order chi connectivity index (χ1) is 9.60. The smallest absolute Gasteiger partial charge is 0.240 e. The summed E-state index contributed by atoms with van der Waals surface area (Å²) < 4.78 is 5.12. The van der Waals surface area contributed by atoms with Crippen LogP contribution >= 0.6 is 0 Å². The van der Waals surface area contributed by atoms with Gasteiger partial charge in [0, 0.05) is 24.6 Å². The van der Waals surface area contributed by atoms with E-state index in [0.29, 0.717) is 19.0 Å². The minimum atomic E-state index is -0.661. The second-order valence-electron chi connectivity index (χ2n) is 7.28. The van der Waals surface area contributed by atoms with Gasteiger partial charge in [0.2, 0.25) is 11.8 Å². The van der Waals surface area contributed by atoms with Gasteiger partial charge in [-0.05, 0) is 5.92 Å². The van der Waals surface area contributed by atoms with Crippen LogP contribution in [0.4, 0.5) is 5.88 Å². The summed E-state index contributed by atoms with van der Waals surface area (Å²) in [6.07, 6.45) is 0. The number of nitrogens with one attached hydrogen (secondary N) is 1. The maximum absolute atomic E-state index is 11.9. The van der Waals surface area contributed by atoms with Crippen molar-refractivity contribution in [1.82, 2.24) is 10.1 Å². The lowest BCUT2D eigenvalue weighted by atomic mass is 9.83. The molecule has 118 valence electrons. The summed E-state index contributed by atoms with van der Waals surface area (Å²) in [5, 5.41) is 16.8. The summed E-state index contributed by atoms with van der Waals surface area (Å²) in [6.45, 7) is 11.4. The lowest BCUT2D eigenvalue weighted by Gasteiger charge is -2.48. The van der Waals surface area contributed by atoms with Crippen LogP contribution in [0.15, 0.2) is 10.6 Å². The monoisotopic (exact) mass is 295 g/mol. The highest BCUT2D eigenvalue weighted by atomic mass is 16.5. The Bertz CT molecular complexity index is 510. The standard InChI is InChI=1S/C15H25N3O3/c1-10(2)15(20)8-18(9-15)7-12(19)16-13-6-11(17-21-13)14(3,4)5/h6,10,20H,7-9H2,1-5H3,(H,16,19). The lowest BCUT2D eigenvalue weighted by Crippen LogP contribution is -2.65. The number of carbonyl (C=O) groups is 1. The average Bonchev–Trinajstić information content (AvgIpc) is 2.74. The minimum Gasteiger partial charge on any atom is -0.387 e. The quantitative estimate of drug-likeness (QED) is 0.882. The number of aliphatic hydroxyl groups is 1. The molecule has 0 unspecified atom stereocenters. The number of rotatable bonds is 4. The Morgan fingerprint density at radius 1 is 1.52 bits per heavy atom. The van der Waals surface area contributed by atoms with Gasteiger partial charge in [0.25, 0.3) is 0 Å². The van der Waals surface area contributed by atoms with Crippen molar-refractivity contribution in [2.24, 2.45) is 5.92 Å². The molecule has 0 aliphatic carbocycles. The van der Waals surface area contributed by atoms with Crippen molar-refractivity contribution >= 4 is 11.8 Å². The molecule has 0 radical (unpaired) electrons. The number of hydrogen-bond acceptors (Lipinski definition) is 5. The Hall–Kier alpha value is -1.40. The molecule has 0 bridgehead atoms. The predicted octanol–water partition coefficient (Wildman–Crippen LogP) is 1.61. The van der Waals surface area contributed by atoms with Crippen LogP contribution in [-0.4, -0.2) is 46.3 Å². The molecule has 1 fully saturated rings. The largest absolute Gasteiger partial charge is 0.387 e. The molecule has 1 aromatic rings. The zero-order chi connectivity index (χ0) is 15.8. The maximum Gasteiger partial charge on any atom is 0.240 e. The first kappa shape index (κ1) is 16.0. The molecule has 1 saturated heterocycles. The number of aromatic nitrogens is 1. The lowest BCUT2D eigenvalue weighted by molar-refractivity contribution is -0.139. The second kappa shape index (κ2) is 5.42. The summed E-state index contributed by atoms with van der Waals surface area (Å²) in [5.74, 6) is 0.405. The molecule has 0 atom stereocenters. The van der Waals surface area contributed by atoms with Gasteiger partial charge in [0.1, 0.15) is 0 Å². The van der Waals surface area contributed by atoms with Crippen molar-refractivity contribution in [2.45, 2.75) is 45.6 Å². The number of β-amino-alcohol motifs (C(OH)–C–C–N with tert-alkyl or cyclic N) is 1. The number of likely N-dealkylation sites (tertiary alicyclic amines) is 1. The van der Waals surface area contributed by atoms with Gasteiger partial charge in [0.15, 0.2) is 0 Å². The summed E-state index contributed by atoms with van der Waals surface area (Å²) in [7, 11) is 0. The number of anilines is 1. The highest BCUT2D eigenvalue weighted by Gasteiger charge is 2.43. The third-order valence-electron chi connectivity index (χ3n) is 3.98. The Kier molecular flexibility index (Phi) is 4.13. The molecular weight excluding hydrogens is 270 g/mol. The maximum atomic E-state index is 11.9. The zero-order valence-electron chi connectivity index (χ0n) is 13.4. The fraction of sp³-hybridized carbons (Fsp3) is 0.733. The zero-order valence-corrected chi connectivity index (χ0v) is 13.4. The van der Waals surface area contributed by atoms with Crippen LogP contribution in [0.1, 0.15) is 40.3 Å². The Morgan fingerprint density at radius 3 is 2.62 bits per heavy atom. The predicted molar refractivity (Wildman–Crippen MR) is 80.1 cm³/mol. The molecule has 6 heteroatoms. The van der Waals surface area contributed by atoms with Gasteiger partial charge in [-0.15, -0.1) is 0 Å². The van der Waals surface area contributed by atoms with Crippen molar-refractivity contribution in [1.29, 1.82) is 0 Å². The van der Waals surface area contributed by atoms with E-state index < -0.39 is 5.60 Å². The molecule has 21 heavy (non-hydrogen) atoms. The number of amides is 1. The van der Waals surface area contributed by atoms with Gasteiger partial charge in [-0.3, -0.25) is 15.0 Å². The molecule has 0 aromatic carbocycles. The van der Waals surface area contributed by atoms with Crippen LogP contribution in [0.3, 0.4) is 0 Å². The van der Waals surface area contributed by atoms with Crippen LogP contribution in [0.2, 0.25) is 0 Å². The van der Waals surface area contributed by atoms with Crippen LogP contribution in [0.25, 0.3) is 0 Å². The average molecular weight is 295 g/mol. The van der Waals surface area contributed by atoms with Crippen molar-refractivity contribution in [3.05, 3.63) is 11.8 Å². The van der Waals surface area contributed by atoms with E-state index in [1.807, 2.05) is 39.5 Å². The molecule has 0 saturated carbocycles. The van der Waals surface area contributed by atoms with Crippen LogP contribution < -0.4 is 5.32 Å². The van der Waals surface area contributed by atoms with Gasteiger partial charge >= 0.3 is 0 Å². The Labute approximate surface area is 125 Å². The molecule has 2 rings (SSSR count). The highest BCUT2D eigenvalue weighted by Crippen LogP contribution is 2.28. The van der Waals surface area contributed by atoms with E-state index in [-0.39, 0.29) is 23.8 Å². The van der Waals surface area contributed by atoms with E-state index in [4.69, 9.17) is 4.52 Å². The number of hydrogen-bond donors (Lipinski definition) is 2. The van der Waals surface area contributed by atoms with Gasteiger partial charge in [-0.2, -0.15) is 0 Å². The fourth-order valence-electron chi connectivity index (χ4n) is 2.27. The van der Waals surface area contributed by atoms with Crippen LogP contribution in [-0.2, 0) is 10.2 Å². The van der Waals surface area contributed by atoms with Gasteiger partial charge < -0.3 is 9.63 Å². The molecule has 1 aliphatic rings. The molecular formula is C15H25N3O3. The van der Waals surface area contributed by atoms with E-state index in [9.17, 15) is 9.90 Å². The van der Waals surface area contributed by atoms with Crippen LogP contribution in [0, 0.1) is 5.92 Å². The Morgan fingerprint density at radius 2 is 2.14 bits per heavy atom. The van der Waals surface area contributed by atoms with E-state index in [0.717, 1.165) is 5.69 Å². The van der Waals surface area contributed by atoms with E-state index >= 15 is 0 Å². The second-order valence-corrected chi connectivity index (χ2v) is 7.28. The van der Waals surface area contributed by atoms with E-state index in [2.05, 4.69) is 10.5 Å². The van der Waals surface area contributed by atoms with Gasteiger partial charge in [-0.25, -0.2) is 0 Å². The fourth-order valence-corrected chi connectivity index (χ4v) is 2.27. The third-order valence-corrected chi connectivity index (χ3v) is 3.98. The van der Waals surface area contributed by atoms with E-state index in [1.54, 1.807) is 6.07 Å². The van der Waals surface area contributed by atoms with Crippen molar-refractivity contribution in [2.75, 3.05) is 25.0 Å². The summed E-state index contributed by atoms with van der Waals surface area (Å²) in [5.41, 5.74) is 0.0276. The molecule has 6 nitrogen and oxygen atoms in total. The summed E-state index contributed by atoms with van der Waals surface area (Å²) >= 11 is 0. The molecule has 1 aliphatic heterocycles. The first-order valence-electron chi connectivity index (χ1n) is 7.32. The summed E-state index contributed by atoms with van der Waals surface area (Å²) in [4.78, 5) is 13.8. The molecule has 2 heterocycles. The van der Waals surface area contributed by atoms with Gasteiger partial charge in [-0.1, -0.05) is 39.8 Å². The topological polar surface area (TPSA) is 78.6 Å². The summed E-state index contributed by atoms with van der Waals surface area (Å²) in [6, 6.07) is 1.75. The van der Waals surface area contributed by atoms with Crippen LogP contribution in [0.5, 0.6) is 0 Å². The number of nitrogens with zero attached hydrogens (tertiary/aromatic N) is 2. The van der Waals surface area contributed by atoms with Crippen molar-refractivity contribution in [3.8, 4) is 0 Å². The molecule has 2 N–H and O–H groups in total. The van der Waals surface area contributed by atoms with Crippen molar-refractivity contribution in [3.63, 3.8) is 0 Å².